The zero-order chi connectivity index (χ0) is 12.7. The molecule has 3 rings (SSSR count). The summed E-state index contributed by atoms with van der Waals surface area (Å²) in [7, 11) is 0. The highest BCUT2D eigenvalue weighted by Gasteiger charge is 2.18. The molecule has 0 aliphatic carbocycles. The van der Waals surface area contributed by atoms with E-state index in [1.165, 1.54) is 11.4 Å². The summed E-state index contributed by atoms with van der Waals surface area (Å²) >= 11 is 12.0. The molecule has 4 heteroatoms. The van der Waals surface area contributed by atoms with Gasteiger partial charge in [0.1, 0.15) is 0 Å². The maximum Gasteiger partial charge on any atom is 0.0599 e. The van der Waals surface area contributed by atoms with Crippen LogP contribution in [0.25, 0.3) is 11.3 Å². The predicted octanol–water partition coefficient (Wildman–Crippen LogP) is 4.13. The Morgan fingerprint density at radius 1 is 1.17 bits per heavy atom. The van der Waals surface area contributed by atoms with Gasteiger partial charge in [-0.25, -0.2) is 0 Å². The number of fused-ring (bicyclic) bond motifs is 1. The molecule has 18 heavy (non-hydrogen) atoms. The molecular weight excluding hydrogens is 267 g/mol. The molecule has 1 N–H and O–H groups in total. The number of hydrogen-bond acceptors (Lipinski definition) is 1. The first-order valence-electron chi connectivity index (χ1n) is 6.05. The zero-order valence-electron chi connectivity index (χ0n) is 10.1. The van der Waals surface area contributed by atoms with Crippen LogP contribution in [0.4, 0.5) is 0 Å². The molecule has 0 radical (unpaired) electrons. The van der Waals surface area contributed by atoms with Crippen LogP contribution in [0.15, 0.2) is 30.3 Å². The van der Waals surface area contributed by atoms with Crippen LogP contribution < -0.4 is 5.32 Å². The topological polar surface area (TPSA) is 17.0 Å². The monoisotopic (exact) mass is 280 g/mol. The molecule has 1 aliphatic rings. The lowest BCUT2D eigenvalue weighted by Gasteiger charge is -2.25. The zero-order valence-corrected chi connectivity index (χ0v) is 11.6. The number of rotatable bonds is 1. The molecule has 0 saturated carbocycles. The molecule has 0 amide bonds. The summed E-state index contributed by atoms with van der Waals surface area (Å²) in [6.07, 6.45) is 0. The number of halogens is 2. The summed E-state index contributed by atoms with van der Waals surface area (Å²) in [5.74, 6) is 0. The van der Waals surface area contributed by atoms with Gasteiger partial charge in [-0.2, -0.15) is 0 Å². The van der Waals surface area contributed by atoms with E-state index in [1.807, 2.05) is 18.2 Å². The molecule has 0 fully saturated rings. The molecule has 2 nitrogen and oxygen atoms in total. The fourth-order valence-corrected chi connectivity index (χ4v) is 2.81. The predicted molar refractivity (Wildman–Crippen MR) is 76.3 cm³/mol. The molecule has 0 bridgehead atoms. The molecule has 2 heterocycles. The van der Waals surface area contributed by atoms with E-state index < -0.39 is 0 Å². The molecule has 1 unspecified atom stereocenters. The largest absolute Gasteiger partial charge is 0.342 e. The Labute approximate surface area is 117 Å². The van der Waals surface area contributed by atoms with Crippen LogP contribution in [0.5, 0.6) is 0 Å². The molecular formula is C14H14Cl2N2. The average molecular weight is 281 g/mol. The molecule has 0 spiro atoms. The van der Waals surface area contributed by atoms with Crippen molar-refractivity contribution in [1.82, 2.24) is 9.88 Å². The minimum absolute atomic E-state index is 0.398. The van der Waals surface area contributed by atoms with Gasteiger partial charge in [0.05, 0.1) is 10.0 Å². The summed E-state index contributed by atoms with van der Waals surface area (Å²) in [5.41, 5.74) is 3.64. The maximum absolute atomic E-state index is 6.09. The lowest BCUT2D eigenvalue weighted by molar-refractivity contribution is 0.451. The van der Waals surface area contributed by atoms with Gasteiger partial charge in [-0.1, -0.05) is 29.3 Å². The van der Waals surface area contributed by atoms with Crippen molar-refractivity contribution in [3.05, 3.63) is 46.1 Å². The Bertz CT molecular complexity index is 589. The quantitative estimate of drug-likeness (QED) is 0.831. The summed E-state index contributed by atoms with van der Waals surface area (Å²) in [4.78, 5) is 0. The molecule has 1 aromatic heterocycles. The Balaban J connectivity index is 2.09. The van der Waals surface area contributed by atoms with Crippen molar-refractivity contribution >= 4 is 23.2 Å². The highest BCUT2D eigenvalue weighted by atomic mass is 35.5. The van der Waals surface area contributed by atoms with Crippen LogP contribution in [-0.4, -0.2) is 11.1 Å². The summed E-state index contributed by atoms with van der Waals surface area (Å²) < 4.78 is 2.35. The summed E-state index contributed by atoms with van der Waals surface area (Å²) in [5, 5.41) is 4.66. The third-order valence-corrected chi connectivity index (χ3v) is 4.20. The van der Waals surface area contributed by atoms with Crippen molar-refractivity contribution in [2.45, 2.75) is 19.5 Å². The normalized spacial score (nSPS) is 18.7. The van der Waals surface area contributed by atoms with Gasteiger partial charge in [-0.15, -0.1) is 0 Å². The maximum atomic E-state index is 6.09. The standard InChI is InChI=1S/C14H14Cl2N2/c1-9-13-4-5-14(18(13)7-6-17-9)10-2-3-11(15)12(16)8-10/h2-5,8-9,17H,6-7H2,1H3. The molecule has 94 valence electrons. The number of hydrogen-bond donors (Lipinski definition) is 1. The Kier molecular flexibility index (Phi) is 3.10. The van der Waals surface area contributed by atoms with E-state index in [1.54, 1.807) is 0 Å². The van der Waals surface area contributed by atoms with E-state index in [-0.39, 0.29) is 0 Å². The van der Waals surface area contributed by atoms with Gasteiger partial charge in [-0.3, -0.25) is 0 Å². The highest BCUT2D eigenvalue weighted by Crippen LogP contribution is 2.31. The second-order valence-corrected chi connectivity index (χ2v) is 5.41. The third kappa shape index (κ3) is 1.95. The third-order valence-electron chi connectivity index (χ3n) is 3.46. The van der Waals surface area contributed by atoms with E-state index in [0.717, 1.165) is 18.7 Å². The van der Waals surface area contributed by atoms with Gasteiger partial charge in [0.25, 0.3) is 0 Å². The fourth-order valence-electron chi connectivity index (χ4n) is 2.52. The van der Waals surface area contributed by atoms with Crippen LogP contribution in [-0.2, 0) is 6.54 Å². The first-order chi connectivity index (χ1) is 8.66. The van der Waals surface area contributed by atoms with E-state index in [0.29, 0.717) is 16.1 Å². The smallest absolute Gasteiger partial charge is 0.0599 e. The van der Waals surface area contributed by atoms with E-state index in [4.69, 9.17) is 23.2 Å². The van der Waals surface area contributed by atoms with Crippen LogP contribution >= 0.6 is 23.2 Å². The first kappa shape index (κ1) is 12.1. The minimum atomic E-state index is 0.398. The number of nitrogens with one attached hydrogen (secondary N) is 1. The molecule has 1 aromatic carbocycles. The van der Waals surface area contributed by atoms with Crippen molar-refractivity contribution in [3.63, 3.8) is 0 Å². The minimum Gasteiger partial charge on any atom is -0.342 e. The van der Waals surface area contributed by atoms with Gasteiger partial charge in [0, 0.05) is 30.5 Å². The summed E-state index contributed by atoms with van der Waals surface area (Å²) in [6.45, 7) is 4.17. The van der Waals surface area contributed by atoms with Gasteiger partial charge in [0.2, 0.25) is 0 Å². The highest BCUT2D eigenvalue weighted by molar-refractivity contribution is 6.42. The fraction of sp³-hybridized carbons (Fsp3) is 0.286. The van der Waals surface area contributed by atoms with E-state index >= 15 is 0 Å². The van der Waals surface area contributed by atoms with Gasteiger partial charge in [-0.05, 0) is 36.8 Å². The van der Waals surface area contributed by atoms with Gasteiger partial charge < -0.3 is 9.88 Å². The Morgan fingerprint density at radius 2 is 2.00 bits per heavy atom. The van der Waals surface area contributed by atoms with Crippen LogP contribution in [0, 0.1) is 0 Å². The lowest BCUT2D eigenvalue weighted by atomic mass is 10.1. The Morgan fingerprint density at radius 3 is 2.78 bits per heavy atom. The van der Waals surface area contributed by atoms with Crippen LogP contribution in [0.3, 0.4) is 0 Å². The Hall–Kier alpha value is -0.960. The summed E-state index contributed by atoms with van der Waals surface area (Å²) in [6, 6.07) is 10.5. The number of benzene rings is 1. The lowest BCUT2D eigenvalue weighted by Crippen LogP contribution is -2.31. The second kappa shape index (κ2) is 4.61. The van der Waals surface area contributed by atoms with Crippen LogP contribution in [0.1, 0.15) is 18.7 Å². The first-order valence-corrected chi connectivity index (χ1v) is 6.80. The molecule has 2 aromatic rings. The number of aromatic nitrogens is 1. The van der Waals surface area contributed by atoms with Crippen molar-refractivity contribution in [2.24, 2.45) is 0 Å². The number of nitrogens with zero attached hydrogens (tertiary/aromatic N) is 1. The average Bonchev–Trinajstić information content (AvgIpc) is 2.78. The molecule has 0 saturated heterocycles. The van der Waals surface area contributed by atoms with Crippen LogP contribution in [0.2, 0.25) is 10.0 Å². The SMILES string of the molecule is CC1NCCn2c(-c3ccc(Cl)c(Cl)c3)ccc21. The van der Waals surface area contributed by atoms with Gasteiger partial charge >= 0.3 is 0 Å². The van der Waals surface area contributed by atoms with Crippen molar-refractivity contribution in [3.8, 4) is 11.3 Å². The van der Waals surface area contributed by atoms with Gasteiger partial charge in [0.15, 0.2) is 0 Å². The second-order valence-electron chi connectivity index (χ2n) is 4.60. The van der Waals surface area contributed by atoms with Crippen molar-refractivity contribution in [1.29, 1.82) is 0 Å². The van der Waals surface area contributed by atoms with Crippen molar-refractivity contribution < 1.29 is 0 Å². The molecule has 1 atom stereocenters. The molecule has 1 aliphatic heterocycles. The van der Waals surface area contributed by atoms with E-state index in [9.17, 15) is 0 Å². The van der Waals surface area contributed by atoms with E-state index in [2.05, 4.69) is 28.9 Å². The van der Waals surface area contributed by atoms with Crippen molar-refractivity contribution in [2.75, 3.05) is 6.54 Å².